The fourth-order valence-corrected chi connectivity index (χ4v) is 2.90. The van der Waals surface area contributed by atoms with Gasteiger partial charge in [0.2, 0.25) is 5.91 Å². The van der Waals surface area contributed by atoms with E-state index in [0.29, 0.717) is 6.54 Å². The van der Waals surface area contributed by atoms with Crippen molar-refractivity contribution in [2.24, 2.45) is 5.92 Å². The molecule has 2 unspecified atom stereocenters. The number of benzene rings is 1. The molecule has 3 amide bonds. The number of rotatable bonds is 6. The second kappa shape index (κ2) is 7.99. The van der Waals surface area contributed by atoms with Gasteiger partial charge in [0, 0.05) is 36.6 Å². The zero-order chi connectivity index (χ0) is 18.5. The van der Waals surface area contributed by atoms with Crippen molar-refractivity contribution < 1.29 is 9.59 Å². The summed E-state index contributed by atoms with van der Waals surface area (Å²) in [5.74, 6) is 0.409. The Morgan fingerprint density at radius 2 is 1.96 bits per heavy atom. The third-order valence-corrected chi connectivity index (χ3v) is 4.34. The Balaban J connectivity index is 1.45. The Kier molecular flexibility index (Phi) is 5.51. The molecule has 2 aromatic rings. The van der Waals surface area contributed by atoms with E-state index in [4.69, 9.17) is 0 Å². The normalized spacial score (nSPS) is 18.3. The van der Waals surface area contributed by atoms with Crippen LogP contribution in [0.2, 0.25) is 0 Å². The lowest BCUT2D eigenvalue weighted by Gasteiger charge is -2.11. The fraction of sp³-hybridized carbons (Fsp3) is 0.350. The van der Waals surface area contributed by atoms with Crippen LogP contribution in [-0.2, 0) is 11.3 Å². The van der Waals surface area contributed by atoms with Crippen molar-refractivity contribution in [3.63, 3.8) is 0 Å². The molecular weight excluding hydrogens is 328 g/mol. The van der Waals surface area contributed by atoms with Crippen LogP contribution in [0, 0.1) is 5.92 Å². The SMILES string of the molecule is CC(C)NC(=O)Nc1ccc(CNC(=O)C2CC2c2cccnc2)cc1. The molecule has 0 aliphatic heterocycles. The Labute approximate surface area is 153 Å². The summed E-state index contributed by atoms with van der Waals surface area (Å²) in [5, 5.41) is 8.53. The Hall–Kier alpha value is -2.89. The summed E-state index contributed by atoms with van der Waals surface area (Å²) in [4.78, 5) is 28.1. The quantitative estimate of drug-likeness (QED) is 0.747. The molecule has 1 heterocycles. The van der Waals surface area contributed by atoms with Crippen molar-refractivity contribution in [3.05, 3.63) is 59.9 Å². The van der Waals surface area contributed by atoms with Gasteiger partial charge < -0.3 is 16.0 Å². The average Bonchev–Trinajstić information content (AvgIpc) is 3.42. The summed E-state index contributed by atoms with van der Waals surface area (Å²) >= 11 is 0. The number of pyridine rings is 1. The molecule has 0 spiro atoms. The van der Waals surface area contributed by atoms with E-state index in [-0.39, 0.29) is 29.8 Å². The molecule has 6 nitrogen and oxygen atoms in total. The van der Waals surface area contributed by atoms with Crippen LogP contribution in [0.5, 0.6) is 0 Å². The van der Waals surface area contributed by atoms with Gasteiger partial charge in [0.25, 0.3) is 0 Å². The highest BCUT2D eigenvalue weighted by Crippen LogP contribution is 2.47. The van der Waals surface area contributed by atoms with Crippen molar-refractivity contribution in [3.8, 4) is 0 Å². The lowest BCUT2D eigenvalue weighted by molar-refractivity contribution is -0.122. The van der Waals surface area contributed by atoms with E-state index in [1.54, 1.807) is 6.20 Å². The molecule has 136 valence electrons. The first-order valence-electron chi connectivity index (χ1n) is 8.87. The third kappa shape index (κ3) is 4.81. The monoisotopic (exact) mass is 352 g/mol. The number of anilines is 1. The molecule has 1 aromatic carbocycles. The van der Waals surface area contributed by atoms with Crippen LogP contribution >= 0.6 is 0 Å². The first kappa shape index (κ1) is 17.9. The van der Waals surface area contributed by atoms with E-state index in [2.05, 4.69) is 20.9 Å². The molecule has 0 radical (unpaired) electrons. The second-order valence-corrected chi connectivity index (χ2v) is 6.90. The van der Waals surface area contributed by atoms with Crippen molar-refractivity contribution in [2.45, 2.75) is 38.8 Å². The van der Waals surface area contributed by atoms with Crippen molar-refractivity contribution in [1.29, 1.82) is 0 Å². The van der Waals surface area contributed by atoms with Crippen LogP contribution in [0.3, 0.4) is 0 Å². The van der Waals surface area contributed by atoms with Crippen LogP contribution in [0.1, 0.15) is 37.3 Å². The number of carbonyl (C=O) groups excluding carboxylic acids is 2. The summed E-state index contributed by atoms with van der Waals surface area (Å²) in [5.41, 5.74) is 2.84. The maximum atomic E-state index is 12.3. The molecule has 1 aliphatic carbocycles. The summed E-state index contributed by atoms with van der Waals surface area (Å²) in [6.07, 6.45) is 4.45. The van der Waals surface area contributed by atoms with Gasteiger partial charge in [0.1, 0.15) is 0 Å². The molecule has 1 saturated carbocycles. The standard InChI is InChI=1S/C20H24N4O2/c1-13(2)23-20(26)24-16-7-5-14(6-8-16)11-22-19(25)18-10-17(18)15-4-3-9-21-12-15/h3-9,12-13,17-18H,10-11H2,1-2H3,(H,22,25)(H2,23,24,26). The molecular formula is C20H24N4O2. The number of nitrogens with one attached hydrogen (secondary N) is 3. The number of aromatic nitrogens is 1. The Morgan fingerprint density at radius 3 is 2.62 bits per heavy atom. The third-order valence-electron chi connectivity index (χ3n) is 4.34. The first-order chi connectivity index (χ1) is 12.5. The van der Waals surface area contributed by atoms with Crippen LogP contribution in [0.15, 0.2) is 48.8 Å². The van der Waals surface area contributed by atoms with Gasteiger partial charge in [-0.2, -0.15) is 0 Å². The van der Waals surface area contributed by atoms with Gasteiger partial charge >= 0.3 is 6.03 Å². The van der Waals surface area contributed by atoms with Gasteiger partial charge in [-0.05, 0) is 55.5 Å². The second-order valence-electron chi connectivity index (χ2n) is 6.90. The fourth-order valence-electron chi connectivity index (χ4n) is 2.90. The number of carbonyl (C=O) groups is 2. The minimum Gasteiger partial charge on any atom is -0.352 e. The highest BCUT2D eigenvalue weighted by atomic mass is 16.2. The zero-order valence-corrected chi connectivity index (χ0v) is 15.0. The van der Waals surface area contributed by atoms with Gasteiger partial charge in [-0.1, -0.05) is 18.2 Å². The lowest BCUT2D eigenvalue weighted by Crippen LogP contribution is -2.34. The van der Waals surface area contributed by atoms with E-state index in [0.717, 1.165) is 23.2 Å². The smallest absolute Gasteiger partial charge is 0.319 e. The van der Waals surface area contributed by atoms with Gasteiger partial charge in [0.15, 0.2) is 0 Å². The van der Waals surface area contributed by atoms with E-state index in [9.17, 15) is 9.59 Å². The molecule has 1 fully saturated rings. The van der Waals surface area contributed by atoms with Gasteiger partial charge in [-0.15, -0.1) is 0 Å². The molecule has 6 heteroatoms. The van der Waals surface area contributed by atoms with Crippen molar-refractivity contribution >= 4 is 17.6 Å². The average molecular weight is 352 g/mol. The molecule has 3 rings (SSSR count). The number of hydrogen-bond acceptors (Lipinski definition) is 3. The number of urea groups is 1. The molecule has 1 aliphatic rings. The topological polar surface area (TPSA) is 83.1 Å². The molecule has 26 heavy (non-hydrogen) atoms. The number of amides is 3. The van der Waals surface area contributed by atoms with Crippen LogP contribution in [-0.4, -0.2) is 23.0 Å². The van der Waals surface area contributed by atoms with E-state index < -0.39 is 0 Å². The summed E-state index contributed by atoms with van der Waals surface area (Å²) in [6.45, 7) is 4.29. The molecule has 3 N–H and O–H groups in total. The predicted molar refractivity (Wildman–Crippen MR) is 101 cm³/mol. The van der Waals surface area contributed by atoms with E-state index in [1.165, 1.54) is 0 Å². The van der Waals surface area contributed by atoms with E-state index in [1.807, 2.05) is 56.4 Å². The maximum absolute atomic E-state index is 12.3. The maximum Gasteiger partial charge on any atom is 0.319 e. The van der Waals surface area contributed by atoms with Crippen LogP contribution < -0.4 is 16.0 Å². The van der Waals surface area contributed by atoms with Crippen molar-refractivity contribution in [2.75, 3.05) is 5.32 Å². The number of hydrogen-bond donors (Lipinski definition) is 3. The minimum absolute atomic E-state index is 0.0415. The summed E-state index contributed by atoms with van der Waals surface area (Å²) in [7, 11) is 0. The van der Waals surface area contributed by atoms with Crippen LogP contribution in [0.4, 0.5) is 10.5 Å². The van der Waals surface area contributed by atoms with Gasteiger partial charge in [0.05, 0.1) is 0 Å². The molecule has 0 saturated heterocycles. The lowest BCUT2D eigenvalue weighted by atomic mass is 10.1. The van der Waals surface area contributed by atoms with E-state index >= 15 is 0 Å². The highest BCUT2D eigenvalue weighted by molar-refractivity contribution is 5.89. The predicted octanol–water partition coefficient (Wildman–Crippen LogP) is 3.03. The van der Waals surface area contributed by atoms with Crippen LogP contribution in [0.25, 0.3) is 0 Å². The van der Waals surface area contributed by atoms with Crippen molar-refractivity contribution in [1.82, 2.24) is 15.6 Å². The Bertz CT molecular complexity index is 759. The molecule has 1 aromatic heterocycles. The minimum atomic E-state index is -0.226. The summed E-state index contributed by atoms with van der Waals surface area (Å²) in [6, 6.07) is 11.2. The van der Waals surface area contributed by atoms with Gasteiger partial charge in [-0.25, -0.2) is 4.79 Å². The molecule has 2 atom stereocenters. The number of nitrogens with zero attached hydrogens (tertiary/aromatic N) is 1. The van der Waals surface area contributed by atoms with Gasteiger partial charge in [-0.3, -0.25) is 9.78 Å². The largest absolute Gasteiger partial charge is 0.352 e. The summed E-state index contributed by atoms with van der Waals surface area (Å²) < 4.78 is 0. The molecule has 0 bridgehead atoms. The Morgan fingerprint density at radius 1 is 1.19 bits per heavy atom. The zero-order valence-electron chi connectivity index (χ0n) is 15.0. The highest BCUT2D eigenvalue weighted by Gasteiger charge is 2.43. The first-order valence-corrected chi connectivity index (χ1v) is 8.87.